The number of hydrogen-bond acceptors (Lipinski definition) is 2. The van der Waals surface area contributed by atoms with E-state index in [2.05, 4.69) is 0 Å². The first kappa shape index (κ1) is 11.9. The van der Waals surface area contributed by atoms with Gasteiger partial charge < -0.3 is 9.53 Å². The number of carbonyl (C=O) groups excluding carboxylic acids is 1. The fourth-order valence-corrected chi connectivity index (χ4v) is 1.22. The molecule has 0 bridgehead atoms. The first-order valence-electron chi connectivity index (χ1n) is 5.31. The van der Waals surface area contributed by atoms with Gasteiger partial charge in [-0.2, -0.15) is 0 Å². The van der Waals surface area contributed by atoms with Gasteiger partial charge in [0, 0.05) is 5.92 Å². The van der Waals surface area contributed by atoms with E-state index in [9.17, 15) is 4.79 Å². The van der Waals surface area contributed by atoms with Gasteiger partial charge in [0.05, 0.1) is 13.2 Å². The largest absolute Gasteiger partial charge is 0.376 e. The van der Waals surface area contributed by atoms with Gasteiger partial charge in [0.25, 0.3) is 0 Å². The molecule has 0 N–H and O–H groups in total. The van der Waals surface area contributed by atoms with E-state index in [1.807, 2.05) is 44.2 Å². The van der Waals surface area contributed by atoms with Crippen molar-refractivity contribution in [2.24, 2.45) is 11.8 Å². The molecule has 0 radical (unpaired) electrons. The Morgan fingerprint density at radius 2 is 1.93 bits per heavy atom. The van der Waals surface area contributed by atoms with Gasteiger partial charge in [-0.05, 0) is 11.5 Å². The van der Waals surface area contributed by atoms with E-state index < -0.39 is 0 Å². The van der Waals surface area contributed by atoms with E-state index in [-0.39, 0.29) is 11.8 Å². The molecule has 0 aromatic heterocycles. The van der Waals surface area contributed by atoms with Gasteiger partial charge in [0.2, 0.25) is 0 Å². The maximum absolute atomic E-state index is 10.5. The Hall–Kier alpha value is -1.15. The van der Waals surface area contributed by atoms with E-state index in [1.54, 1.807) is 0 Å². The molecule has 2 atom stereocenters. The average Bonchev–Trinajstić information content (AvgIpc) is 2.29. The molecule has 1 aromatic carbocycles. The van der Waals surface area contributed by atoms with Crippen molar-refractivity contribution in [1.29, 1.82) is 0 Å². The highest BCUT2D eigenvalue weighted by atomic mass is 16.5. The summed E-state index contributed by atoms with van der Waals surface area (Å²) in [4.78, 5) is 10.5. The summed E-state index contributed by atoms with van der Waals surface area (Å²) in [6.07, 6.45) is 0.983. The van der Waals surface area contributed by atoms with Crippen LogP contribution in [0.5, 0.6) is 0 Å². The Kier molecular flexibility index (Phi) is 5.05. The summed E-state index contributed by atoms with van der Waals surface area (Å²) in [5, 5.41) is 0. The van der Waals surface area contributed by atoms with E-state index in [0.29, 0.717) is 13.2 Å². The van der Waals surface area contributed by atoms with Crippen LogP contribution >= 0.6 is 0 Å². The number of benzene rings is 1. The van der Waals surface area contributed by atoms with Crippen LogP contribution in [0.3, 0.4) is 0 Å². The fourth-order valence-electron chi connectivity index (χ4n) is 1.22. The van der Waals surface area contributed by atoms with Gasteiger partial charge >= 0.3 is 0 Å². The number of hydrogen-bond donors (Lipinski definition) is 0. The second-order valence-electron chi connectivity index (χ2n) is 3.97. The van der Waals surface area contributed by atoms with Crippen molar-refractivity contribution in [1.82, 2.24) is 0 Å². The minimum atomic E-state index is 0.0702. The lowest BCUT2D eigenvalue weighted by atomic mass is 9.99. The van der Waals surface area contributed by atoms with Crippen LogP contribution in [0.15, 0.2) is 30.3 Å². The summed E-state index contributed by atoms with van der Waals surface area (Å²) >= 11 is 0. The van der Waals surface area contributed by atoms with Crippen LogP contribution in [0.25, 0.3) is 0 Å². The zero-order valence-electron chi connectivity index (χ0n) is 9.35. The third-order valence-corrected chi connectivity index (χ3v) is 2.60. The molecule has 0 aliphatic carbocycles. The van der Waals surface area contributed by atoms with Crippen molar-refractivity contribution in [2.45, 2.75) is 20.5 Å². The van der Waals surface area contributed by atoms with Gasteiger partial charge in [-0.1, -0.05) is 44.2 Å². The Morgan fingerprint density at radius 3 is 2.53 bits per heavy atom. The zero-order chi connectivity index (χ0) is 11.1. The van der Waals surface area contributed by atoms with Gasteiger partial charge in [-0.3, -0.25) is 0 Å². The summed E-state index contributed by atoms with van der Waals surface area (Å²) in [5.41, 5.74) is 1.17. The monoisotopic (exact) mass is 206 g/mol. The summed E-state index contributed by atoms with van der Waals surface area (Å²) < 4.78 is 5.55. The van der Waals surface area contributed by atoms with Crippen LogP contribution in [0.2, 0.25) is 0 Å². The minimum Gasteiger partial charge on any atom is -0.376 e. The molecule has 0 fully saturated rings. The Bertz CT molecular complexity index is 282. The molecule has 1 rings (SSSR count). The van der Waals surface area contributed by atoms with E-state index in [4.69, 9.17) is 4.74 Å². The minimum absolute atomic E-state index is 0.0702. The Labute approximate surface area is 91.3 Å². The molecular weight excluding hydrogens is 188 g/mol. The van der Waals surface area contributed by atoms with Gasteiger partial charge in [-0.15, -0.1) is 0 Å². The second-order valence-corrected chi connectivity index (χ2v) is 3.97. The van der Waals surface area contributed by atoms with Gasteiger partial charge in [0.15, 0.2) is 0 Å². The molecule has 0 saturated heterocycles. The second kappa shape index (κ2) is 6.36. The zero-order valence-corrected chi connectivity index (χ0v) is 9.35. The fraction of sp³-hybridized carbons (Fsp3) is 0.462. The average molecular weight is 206 g/mol. The SMILES string of the molecule is C[C@@H](C=O)[C@@H](C)COCc1ccccc1. The number of carbonyl (C=O) groups is 1. The van der Waals surface area contributed by atoms with Crippen molar-refractivity contribution < 1.29 is 9.53 Å². The molecule has 1 aromatic rings. The molecule has 0 heterocycles. The normalized spacial score (nSPS) is 14.5. The molecule has 0 unspecified atom stereocenters. The topological polar surface area (TPSA) is 26.3 Å². The van der Waals surface area contributed by atoms with Crippen LogP contribution in [0.1, 0.15) is 19.4 Å². The molecule has 82 valence electrons. The Balaban J connectivity index is 2.25. The Morgan fingerprint density at radius 1 is 1.27 bits per heavy atom. The van der Waals surface area contributed by atoms with E-state index in [0.717, 1.165) is 6.29 Å². The van der Waals surface area contributed by atoms with E-state index >= 15 is 0 Å². The number of aldehydes is 1. The summed E-state index contributed by atoms with van der Waals surface area (Å²) in [7, 11) is 0. The molecule has 0 aliphatic heterocycles. The van der Waals surface area contributed by atoms with Crippen molar-refractivity contribution in [2.75, 3.05) is 6.61 Å². The third-order valence-electron chi connectivity index (χ3n) is 2.60. The highest BCUT2D eigenvalue weighted by Crippen LogP contribution is 2.09. The highest BCUT2D eigenvalue weighted by Gasteiger charge is 2.10. The molecule has 2 nitrogen and oxygen atoms in total. The molecule has 0 saturated carbocycles. The van der Waals surface area contributed by atoms with Crippen LogP contribution < -0.4 is 0 Å². The molecule has 0 aliphatic rings. The molecule has 2 heteroatoms. The molecular formula is C13H18O2. The predicted octanol–water partition coefficient (Wildman–Crippen LogP) is 2.67. The van der Waals surface area contributed by atoms with Crippen molar-refractivity contribution in [3.05, 3.63) is 35.9 Å². The predicted molar refractivity (Wildman–Crippen MR) is 60.5 cm³/mol. The smallest absolute Gasteiger partial charge is 0.123 e. The van der Waals surface area contributed by atoms with E-state index in [1.165, 1.54) is 5.56 Å². The van der Waals surface area contributed by atoms with Gasteiger partial charge in [0.1, 0.15) is 6.29 Å². The lowest BCUT2D eigenvalue weighted by Gasteiger charge is -2.14. The quantitative estimate of drug-likeness (QED) is 0.669. The van der Waals surface area contributed by atoms with Crippen molar-refractivity contribution in [3.63, 3.8) is 0 Å². The molecule has 15 heavy (non-hydrogen) atoms. The van der Waals surface area contributed by atoms with Crippen molar-refractivity contribution >= 4 is 6.29 Å². The highest BCUT2D eigenvalue weighted by molar-refractivity contribution is 5.53. The standard InChI is InChI=1S/C13H18O2/c1-11(8-14)12(2)9-15-10-13-6-4-3-5-7-13/h3-8,11-12H,9-10H2,1-2H3/t11-,12-/m0/s1. The van der Waals surface area contributed by atoms with Crippen LogP contribution in [0.4, 0.5) is 0 Å². The maximum Gasteiger partial charge on any atom is 0.123 e. The van der Waals surface area contributed by atoms with Crippen molar-refractivity contribution in [3.8, 4) is 0 Å². The van der Waals surface area contributed by atoms with Crippen LogP contribution in [0, 0.1) is 11.8 Å². The summed E-state index contributed by atoms with van der Waals surface area (Å²) in [6, 6.07) is 10.1. The number of ether oxygens (including phenoxy) is 1. The summed E-state index contributed by atoms with van der Waals surface area (Å²) in [5.74, 6) is 0.354. The number of rotatable bonds is 6. The first-order chi connectivity index (χ1) is 7.24. The van der Waals surface area contributed by atoms with Crippen LogP contribution in [-0.2, 0) is 16.1 Å². The summed E-state index contributed by atoms with van der Waals surface area (Å²) in [6.45, 7) is 5.21. The third kappa shape index (κ3) is 4.26. The van der Waals surface area contributed by atoms with Gasteiger partial charge in [-0.25, -0.2) is 0 Å². The maximum atomic E-state index is 10.5. The molecule has 0 spiro atoms. The lowest BCUT2D eigenvalue weighted by molar-refractivity contribution is -0.112. The lowest BCUT2D eigenvalue weighted by Crippen LogP contribution is -2.15. The first-order valence-corrected chi connectivity index (χ1v) is 5.31. The molecule has 0 amide bonds. The van der Waals surface area contributed by atoms with Crippen LogP contribution in [-0.4, -0.2) is 12.9 Å².